The van der Waals surface area contributed by atoms with Crippen LogP contribution in [0.15, 0.2) is 24.5 Å². The summed E-state index contributed by atoms with van der Waals surface area (Å²) in [7, 11) is 0. The Morgan fingerprint density at radius 1 is 1.33 bits per heavy atom. The van der Waals surface area contributed by atoms with Crippen molar-refractivity contribution in [2.45, 2.75) is 13.3 Å². The van der Waals surface area contributed by atoms with E-state index < -0.39 is 0 Å². The van der Waals surface area contributed by atoms with Gasteiger partial charge in [0.25, 0.3) is 0 Å². The zero-order valence-corrected chi connectivity index (χ0v) is 6.65. The predicted octanol–water partition coefficient (Wildman–Crippen LogP) is 1.64. The fraction of sp³-hybridized carbons (Fsp3) is 0.286. The van der Waals surface area contributed by atoms with Gasteiger partial charge in [0, 0.05) is 29.8 Å². The first-order valence-electron chi connectivity index (χ1n) is 2.82. The van der Waals surface area contributed by atoms with E-state index in [2.05, 4.69) is 11.9 Å². The van der Waals surface area contributed by atoms with E-state index >= 15 is 0 Å². The number of rotatable bonds is 1. The Labute approximate surface area is 66.3 Å². The minimum atomic E-state index is 0. The molecule has 0 saturated carbocycles. The van der Waals surface area contributed by atoms with Gasteiger partial charge in [-0.3, -0.25) is 4.98 Å². The Kier molecular flexibility index (Phi) is 4.39. The molecule has 0 aliphatic carbocycles. The molecule has 0 atom stereocenters. The van der Waals surface area contributed by atoms with Gasteiger partial charge in [0.1, 0.15) is 0 Å². The molecule has 1 aromatic heterocycles. The largest absolute Gasteiger partial charge is 0.265 e. The summed E-state index contributed by atoms with van der Waals surface area (Å²) in [6.07, 6.45) is 4.74. The second-order valence-corrected chi connectivity index (χ2v) is 1.71. The van der Waals surface area contributed by atoms with Gasteiger partial charge in [-0.1, -0.05) is 6.92 Å². The van der Waals surface area contributed by atoms with Crippen molar-refractivity contribution in [1.29, 1.82) is 0 Å². The second kappa shape index (κ2) is 4.55. The van der Waals surface area contributed by atoms with E-state index in [1.807, 2.05) is 24.5 Å². The molecule has 0 amide bonds. The first-order chi connectivity index (χ1) is 3.93. The van der Waals surface area contributed by atoms with Crippen LogP contribution in [-0.4, -0.2) is 4.98 Å². The molecule has 1 nitrogen and oxygen atoms in total. The van der Waals surface area contributed by atoms with Crippen LogP contribution in [0.1, 0.15) is 12.5 Å². The van der Waals surface area contributed by atoms with Crippen LogP contribution in [-0.2, 0) is 23.8 Å². The molecule has 9 heavy (non-hydrogen) atoms. The third-order valence-corrected chi connectivity index (χ3v) is 1.16. The maximum atomic E-state index is 3.89. The summed E-state index contributed by atoms with van der Waals surface area (Å²) >= 11 is 0. The van der Waals surface area contributed by atoms with Crippen LogP contribution in [0.5, 0.6) is 0 Å². The van der Waals surface area contributed by atoms with Gasteiger partial charge in [-0.2, -0.15) is 0 Å². The second-order valence-electron chi connectivity index (χ2n) is 1.71. The van der Waals surface area contributed by atoms with Gasteiger partial charge in [-0.25, -0.2) is 0 Å². The van der Waals surface area contributed by atoms with Crippen molar-refractivity contribution in [3.05, 3.63) is 30.1 Å². The Bertz CT molecular complexity index is 150. The molecule has 0 N–H and O–H groups in total. The summed E-state index contributed by atoms with van der Waals surface area (Å²) in [5.74, 6) is 0. The van der Waals surface area contributed by atoms with E-state index in [1.165, 1.54) is 5.56 Å². The number of aryl methyl sites for hydroxylation is 1. The first kappa shape index (κ1) is 8.68. The summed E-state index contributed by atoms with van der Waals surface area (Å²) in [6, 6.07) is 4.06. The maximum absolute atomic E-state index is 3.89. The Hall–Kier alpha value is -0.318. The zero-order valence-electron chi connectivity index (χ0n) is 5.37. The number of hydrogen-bond donors (Lipinski definition) is 0. The van der Waals surface area contributed by atoms with Gasteiger partial charge in [-0.15, -0.1) is 0 Å². The van der Waals surface area contributed by atoms with Crippen LogP contribution in [0.25, 0.3) is 0 Å². The van der Waals surface area contributed by atoms with Crippen LogP contribution < -0.4 is 0 Å². The van der Waals surface area contributed by atoms with Crippen LogP contribution in [0.4, 0.5) is 0 Å². The van der Waals surface area contributed by atoms with Crippen molar-refractivity contribution in [3.63, 3.8) is 0 Å². The molecule has 48 valence electrons. The Morgan fingerprint density at radius 3 is 2.22 bits per heavy atom. The van der Waals surface area contributed by atoms with Gasteiger partial charge in [0.05, 0.1) is 0 Å². The van der Waals surface area contributed by atoms with Gasteiger partial charge in [0.15, 0.2) is 0 Å². The summed E-state index contributed by atoms with van der Waals surface area (Å²) in [4.78, 5) is 3.89. The van der Waals surface area contributed by atoms with Crippen LogP contribution >= 0.6 is 0 Å². The third kappa shape index (κ3) is 2.65. The van der Waals surface area contributed by atoms with Crippen molar-refractivity contribution in [3.8, 4) is 0 Å². The number of aromatic nitrogens is 1. The summed E-state index contributed by atoms with van der Waals surface area (Å²) in [5, 5.41) is 0. The first-order valence-corrected chi connectivity index (χ1v) is 2.82. The Morgan fingerprint density at radius 2 is 1.89 bits per heavy atom. The SMILES string of the molecule is CCc1ccncc1.[Cr]. The molecule has 0 spiro atoms. The number of hydrogen-bond acceptors (Lipinski definition) is 1. The minimum Gasteiger partial charge on any atom is -0.265 e. The quantitative estimate of drug-likeness (QED) is 0.607. The normalized spacial score (nSPS) is 8.11. The average molecular weight is 159 g/mol. The number of pyridine rings is 1. The molecule has 0 aliphatic heterocycles. The van der Waals surface area contributed by atoms with Gasteiger partial charge in [-0.05, 0) is 24.1 Å². The predicted molar refractivity (Wildman–Crippen MR) is 33.6 cm³/mol. The van der Waals surface area contributed by atoms with Crippen LogP contribution in [0.3, 0.4) is 0 Å². The number of nitrogens with zero attached hydrogens (tertiary/aromatic N) is 1. The maximum Gasteiger partial charge on any atom is 0.0270 e. The molecule has 1 heterocycles. The molecule has 0 fully saturated rings. The Balaban J connectivity index is 0.000000640. The topological polar surface area (TPSA) is 12.9 Å². The zero-order chi connectivity index (χ0) is 5.82. The smallest absolute Gasteiger partial charge is 0.0270 e. The molecular weight excluding hydrogens is 150 g/mol. The van der Waals surface area contributed by atoms with E-state index in [1.54, 1.807) is 0 Å². The monoisotopic (exact) mass is 159 g/mol. The van der Waals surface area contributed by atoms with Crippen LogP contribution in [0.2, 0.25) is 0 Å². The van der Waals surface area contributed by atoms with E-state index in [9.17, 15) is 0 Å². The van der Waals surface area contributed by atoms with E-state index in [0.29, 0.717) is 0 Å². The van der Waals surface area contributed by atoms with Gasteiger partial charge >= 0.3 is 0 Å². The molecule has 1 rings (SSSR count). The molecule has 0 unspecified atom stereocenters. The fourth-order valence-electron chi connectivity index (χ4n) is 0.618. The molecule has 0 aromatic carbocycles. The standard InChI is InChI=1S/C7H9N.Cr/c1-2-7-3-5-8-6-4-7;/h3-6H,2H2,1H3;. The summed E-state index contributed by atoms with van der Waals surface area (Å²) < 4.78 is 0. The van der Waals surface area contributed by atoms with Crippen molar-refractivity contribution < 1.29 is 17.4 Å². The molecule has 2 heteroatoms. The van der Waals surface area contributed by atoms with Crippen molar-refractivity contribution in [1.82, 2.24) is 4.98 Å². The van der Waals surface area contributed by atoms with Crippen molar-refractivity contribution in [2.75, 3.05) is 0 Å². The summed E-state index contributed by atoms with van der Waals surface area (Å²) in [6.45, 7) is 2.13. The molecule has 0 bridgehead atoms. The van der Waals surface area contributed by atoms with Crippen LogP contribution in [0, 0.1) is 0 Å². The van der Waals surface area contributed by atoms with Crippen molar-refractivity contribution in [2.24, 2.45) is 0 Å². The van der Waals surface area contributed by atoms with Gasteiger partial charge in [0.2, 0.25) is 0 Å². The molecule has 0 aliphatic rings. The van der Waals surface area contributed by atoms with E-state index in [-0.39, 0.29) is 17.4 Å². The summed E-state index contributed by atoms with van der Waals surface area (Å²) in [5.41, 5.74) is 1.35. The van der Waals surface area contributed by atoms with E-state index in [0.717, 1.165) is 6.42 Å². The van der Waals surface area contributed by atoms with Gasteiger partial charge < -0.3 is 0 Å². The van der Waals surface area contributed by atoms with E-state index in [4.69, 9.17) is 0 Å². The molecular formula is C7H9CrN. The van der Waals surface area contributed by atoms with Crippen molar-refractivity contribution >= 4 is 0 Å². The molecule has 1 aromatic rings. The average Bonchev–Trinajstić information content (AvgIpc) is 1.90. The minimum absolute atomic E-state index is 0. The molecule has 0 saturated heterocycles. The fourth-order valence-corrected chi connectivity index (χ4v) is 0.618. The molecule has 0 radical (unpaired) electrons. The third-order valence-electron chi connectivity index (χ3n) is 1.16.